The molecule has 3 heteroatoms. The fourth-order valence-electron chi connectivity index (χ4n) is 2.12. The van der Waals surface area contributed by atoms with Crippen LogP contribution in [0.15, 0.2) is 0 Å². The summed E-state index contributed by atoms with van der Waals surface area (Å²) in [5.74, 6) is 0.768. The Morgan fingerprint density at radius 2 is 2.06 bits per heavy atom. The van der Waals surface area contributed by atoms with Gasteiger partial charge >= 0.3 is 5.97 Å². The predicted octanol–water partition coefficient (Wildman–Crippen LogP) is 2.31. The first-order chi connectivity index (χ1) is 7.49. The summed E-state index contributed by atoms with van der Waals surface area (Å²) in [7, 11) is 1.47. The predicted molar refractivity (Wildman–Crippen MR) is 65.3 cm³/mol. The third-order valence-corrected chi connectivity index (χ3v) is 3.11. The lowest BCUT2D eigenvalue weighted by atomic mass is 9.92. The highest BCUT2D eigenvalue weighted by Crippen LogP contribution is 2.31. The zero-order valence-electron chi connectivity index (χ0n) is 11.1. The molecule has 0 saturated heterocycles. The number of ether oxygens (including phenoxy) is 1. The van der Waals surface area contributed by atoms with Crippen LogP contribution in [0.2, 0.25) is 0 Å². The van der Waals surface area contributed by atoms with Crippen molar-refractivity contribution in [2.75, 3.05) is 26.7 Å². The molecule has 0 aliphatic heterocycles. The minimum absolute atomic E-state index is 0.107. The zero-order valence-corrected chi connectivity index (χ0v) is 11.1. The summed E-state index contributed by atoms with van der Waals surface area (Å²) in [6.45, 7) is 9.16. The summed E-state index contributed by atoms with van der Waals surface area (Å²) in [6.07, 6.45) is 3.86. The average Bonchev–Trinajstić information content (AvgIpc) is 3.00. The fraction of sp³-hybridized carbons (Fsp3) is 0.923. The highest BCUT2D eigenvalue weighted by Gasteiger charge is 2.33. The summed E-state index contributed by atoms with van der Waals surface area (Å²) < 4.78 is 4.85. The maximum atomic E-state index is 11.6. The van der Waals surface area contributed by atoms with Gasteiger partial charge < -0.3 is 9.64 Å². The molecule has 16 heavy (non-hydrogen) atoms. The third-order valence-electron chi connectivity index (χ3n) is 3.11. The SMILES string of the molecule is CCCN(CC1CC1)CC(C)(C)C(=O)OC. The van der Waals surface area contributed by atoms with Crippen molar-refractivity contribution >= 4 is 5.97 Å². The second-order valence-corrected chi connectivity index (χ2v) is 5.55. The highest BCUT2D eigenvalue weighted by molar-refractivity contribution is 5.76. The lowest BCUT2D eigenvalue weighted by Gasteiger charge is -2.30. The van der Waals surface area contributed by atoms with Gasteiger partial charge in [0.25, 0.3) is 0 Å². The van der Waals surface area contributed by atoms with Crippen molar-refractivity contribution in [1.29, 1.82) is 0 Å². The Morgan fingerprint density at radius 3 is 2.50 bits per heavy atom. The van der Waals surface area contributed by atoms with Crippen molar-refractivity contribution in [3.05, 3.63) is 0 Å². The molecule has 0 unspecified atom stereocenters. The number of esters is 1. The normalized spacial score (nSPS) is 16.6. The highest BCUT2D eigenvalue weighted by atomic mass is 16.5. The molecule has 1 aliphatic carbocycles. The molecule has 0 N–H and O–H groups in total. The van der Waals surface area contributed by atoms with Gasteiger partial charge in [-0.1, -0.05) is 6.92 Å². The lowest BCUT2D eigenvalue weighted by molar-refractivity contribution is -0.151. The number of hydrogen-bond donors (Lipinski definition) is 0. The molecule has 0 aromatic rings. The van der Waals surface area contributed by atoms with E-state index in [9.17, 15) is 4.79 Å². The molecule has 0 atom stereocenters. The van der Waals surface area contributed by atoms with Crippen LogP contribution in [-0.4, -0.2) is 37.6 Å². The lowest BCUT2D eigenvalue weighted by Crippen LogP contribution is -2.41. The van der Waals surface area contributed by atoms with E-state index in [4.69, 9.17) is 4.74 Å². The van der Waals surface area contributed by atoms with E-state index in [1.54, 1.807) is 0 Å². The van der Waals surface area contributed by atoms with Gasteiger partial charge in [-0.05, 0) is 45.6 Å². The van der Waals surface area contributed by atoms with E-state index >= 15 is 0 Å². The van der Waals surface area contributed by atoms with Crippen LogP contribution in [0.5, 0.6) is 0 Å². The van der Waals surface area contributed by atoms with Gasteiger partial charge in [-0.3, -0.25) is 4.79 Å². The van der Waals surface area contributed by atoms with E-state index in [0.29, 0.717) is 0 Å². The molecule has 0 aromatic carbocycles. The molecule has 0 aromatic heterocycles. The largest absolute Gasteiger partial charge is 0.469 e. The second-order valence-electron chi connectivity index (χ2n) is 5.55. The van der Waals surface area contributed by atoms with Crippen LogP contribution in [0.25, 0.3) is 0 Å². The van der Waals surface area contributed by atoms with Gasteiger partial charge in [0.15, 0.2) is 0 Å². The Morgan fingerprint density at radius 1 is 1.44 bits per heavy atom. The summed E-state index contributed by atoms with van der Waals surface area (Å²) in [6, 6.07) is 0. The Hall–Kier alpha value is -0.570. The number of carbonyl (C=O) groups is 1. The number of rotatable bonds is 7. The maximum Gasteiger partial charge on any atom is 0.312 e. The first-order valence-electron chi connectivity index (χ1n) is 6.30. The zero-order chi connectivity index (χ0) is 12.2. The van der Waals surface area contributed by atoms with Crippen LogP contribution in [0.3, 0.4) is 0 Å². The van der Waals surface area contributed by atoms with Crippen molar-refractivity contribution in [3.8, 4) is 0 Å². The molecule has 1 aliphatic rings. The molecule has 0 amide bonds. The molecule has 3 nitrogen and oxygen atoms in total. The topological polar surface area (TPSA) is 29.5 Å². The second kappa shape index (κ2) is 5.67. The minimum atomic E-state index is -0.390. The number of carbonyl (C=O) groups excluding carboxylic acids is 1. The van der Waals surface area contributed by atoms with Gasteiger partial charge in [-0.2, -0.15) is 0 Å². The van der Waals surface area contributed by atoms with E-state index in [2.05, 4.69) is 11.8 Å². The molecule has 0 bridgehead atoms. The Kier molecular flexibility index (Phi) is 4.78. The fourth-order valence-corrected chi connectivity index (χ4v) is 2.12. The Labute approximate surface area is 99.1 Å². The quantitative estimate of drug-likeness (QED) is 0.625. The first-order valence-corrected chi connectivity index (χ1v) is 6.30. The molecule has 0 heterocycles. The Bertz CT molecular complexity index is 234. The van der Waals surface area contributed by atoms with E-state index in [1.165, 1.54) is 20.0 Å². The van der Waals surface area contributed by atoms with Crippen LogP contribution >= 0.6 is 0 Å². The number of hydrogen-bond acceptors (Lipinski definition) is 3. The molecule has 0 spiro atoms. The standard InChI is InChI=1S/C13H25NO2/c1-5-8-14(9-11-6-7-11)10-13(2,3)12(15)16-4/h11H,5-10H2,1-4H3. The van der Waals surface area contributed by atoms with Crippen LogP contribution in [0.1, 0.15) is 40.0 Å². The van der Waals surface area contributed by atoms with E-state index in [1.807, 2.05) is 13.8 Å². The molecule has 1 saturated carbocycles. The third kappa shape index (κ3) is 4.12. The van der Waals surface area contributed by atoms with Gasteiger partial charge in [-0.25, -0.2) is 0 Å². The van der Waals surface area contributed by atoms with Crippen LogP contribution in [-0.2, 0) is 9.53 Å². The molecule has 1 fully saturated rings. The van der Waals surface area contributed by atoms with E-state index < -0.39 is 5.41 Å². The maximum absolute atomic E-state index is 11.6. The summed E-state index contributed by atoms with van der Waals surface area (Å²) in [5, 5.41) is 0. The van der Waals surface area contributed by atoms with Gasteiger partial charge in [0.1, 0.15) is 0 Å². The average molecular weight is 227 g/mol. The van der Waals surface area contributed by atoms with Crippen molar-refractivity contribution in [2.24, 2.45) is 11.3 Å². The molecule has 1 rings (SSSR count). The number of nitrogens with zero attached hydrogens (tertiary/aromatic N) is 1. The molecular formula is C13H25NO2. The smallest absolute Gasteiger partial charge is 0.312 e. The molecule has 0 radical (unpaired) electrons. The van der Waals surface area contributed by atoms with Crippen molar-refractivity contribution in [1.82, 2.24) is 4.90 Å². The summed E-state index contributed by atoms with van der Waals surface area (Å²) >= 11 is 0. The summed E-state index contributed by atoms with van der Waals surface area (Å²) in [4.78, 5) is 14.0. The van der Waals surface area contributed by atoms with Gasteiger partial charge in [0, 0.05) is 13.1 Å². The Balaban J connectivity index is 2.47. The minimum Gasteiger partial charge on any atom is -0.469 e. The van der Waals surface area contributed by atoms with Crippen molar-refractivity contribution < 1.29 is 9.53 Å². The monoisotopic (exact) mass is 227 g/mol. The van der Waals surface area contributed by atoms with E-state index in [-0.39, 0.29) is 5.97 Å². The summed E-state index contributed by atoms with van der Waals surface area (Å²) in [5.41, 5.74) is -0.390. The van der Waals surface area contributed by atoms with Gasteiger partial charge in [-0.15, -0.1) is 0 Å². The number of methoxy groups -OCH3 is 1. The van der Waals surface area contributed by atoms with Gasteiger partial charge in [0.2, 0.25) is 0 Å². The van der Waals surface area contributed by atoms with E-state index in [0.717, 1.165) is 32.0 Å². The first kappa shape index (κ1) is 13.5. The van der Waals surface area contributed by atoms with Crippen LogP contribution in [0.4, 0.5) is 0 Å². The van der Waals surface area contributed by atoms with Gasteiger partial charge in [0.05, 0.1) is 12.5 Å². The van der Waals surface area contributed by atoms with Crippen molar-refractivity contribution in [2.45, 2.75) is 40.0 Å². The molecule has 94 valence electrons. The van der Waals surface area contributed by atoms with Crippen LogP contribution < -0.4 is 0 Å². The molecular weight excluding hydrogens is 202 g/mol. The van der Waals surface area contributed by atoms with Crippen LogP contribution in [0, 0.1) is 11.3 Å². The van der Waals surface area contributed by atoms with Crippen molar-refractivity contribution in [3.63, 3.8) is 0 Å².